The molecule has 32 heavy (non-hydrogen) atoms. The van der Waals surface area contributed by atoms with Crippen molar-refractivity contribution >= 4 is 43.6 Å². The average molecular weight is 409 g/mol. The molecule has 5 aromatic carbocycles. The molecule has 2 heterocycles. The summed E-state index contributed by atoms with van der Waals surface area (Å²) < 4.78 is 2.42. The number of nitrogens with zero attached hydrogens (tertiary/aromatic N) is 1. The molecular formula is C30H20N2. The number of H-pyrrole nitrogens is 1. The molecule has 0 saturated carbocycles. The number of benzene rings is 5. The van der Waals surface area contributed by atoms with Crippen LogP contribution in [-0.4, -0.2) is 9.55 Å². The highest BCUT2D eigenvalue weighted by Crippen LogP contribution is 2.41. The highest BCUT2D eigenvalue weighted by molar-refractivity contribution is 6.28. The minimum Gasteiger partial charge on any atom is -0.354 e. The highest BCUT2D eigenvalue weighted by Gasteiger charge is 2.18. The van der Waals surface area contributed by atoms with E-state index < -0.39 is 0 Å². The number of aromatic amines is 1. The normalized spacial score (nSPS) is 11.8. The minimum atomic E-state index is 1.18. The Morgan fingerprint density at radius 2 is 1.19 bits per heavy atom. The summed E-state index contributed by atoms with van der Waals surface area (Å²) in [5, 5.41) is 5.15. The van der Waals surface area contributed by atoms with Crippen molar-refractivity contribution in [3.63, 3.8) is 0 Å². The summed E-state index contributed by atoms with van der Waals surface area (Å²) in [6.45, 7) is 0. The van der Waals surface area contributed by atoms with Crippen molar-refractivity contribution < 1.29 is 0 Å². The van der Waals surface area contributed by atoms with Crippen molar-refractivity contribution in [2.24, 2.45) is 0 Å². The molecule has 2 heteroatoms. The predicted octanol–water partition coefficient (Wildman–Crippen LogP) is 8.09. The van der Waals surface area contributed by atoms with E-state index in [0.29, 0.717) is 0 Å². The lowest BCUT2D eigenvalue weighted by molar-refractivity contribution is 1.18. The zero-order chi connectivity index (χ0) is 21.1. The lowest BCUT2D eigenvalue weighted by Gasteiger charge is -2.14. The highest BCUT2D eigenvalue weighted by atomic mass is 15.0. The van der Waals surface area contributed by atoms with Crippen LogP contribution in [0.25, 0.3) is 60.4 Å². The quantitative estimate of drug-likeness (QED) is 0.298. The molecule has 0 aliphatic heterocycles. The van der Waals surface area contributed by atoms with Gasteiger partial charge in [-0.3, -0.25) is 0 Å². The van der Waals surface area contributed by atoms with Crippen LogP contribution in [0, 0.1) is 0 Å². The molecule has 0 unspecified atom stereocenters. The van der Waals surface area contributed by atoms with Gasteiger partial charge in [-0.1, -0.05) is 84.9 Å². The number of para-hydroxylation sites is 3. The minimum absolute atomic E-state index is 1.18. The molecular weight excluding hydrogens is 388 g/mol. The van der Waals surface area contributed by atoms with Gasteiger partial charge >= 0.3 is 0 Å². The SMILES string of the molecule is c1ccc(-c2ccccc2-n2c3ccccc3c3c4c(ccc32)[nH]c2ccccc24)cc1. The van der Waals surface area contributed by atoms with Crippen LogP contribution in [0.15, 0.2) is 115 Å². The van der Waals surface area contributed by atoms with E-state index in [4.69, 9.17) is 0 Å². The fourth-order valence-corrected chi connectivity index (χ4v) is 5.19. The summed E-state index contributed by atoms with van der Waals surface area (Å²) in [5.74, 6) is 0. The van der Waals surface area contributed by atoms with Crippen molar-refractivity contribution in [2.45, 2.75) is 0 Å². The van der Waals surface area contributed by atoms with Gasteiger partial charge in [0.05, 0.1) is 16.7 Å². The number of aromatic nitrogens is 2. The Labute approximate surface area is 185 Å². The summed E-state index contributed by atoms with van der Waals surface area (Å²) in [4.78, 5) is 3.61. The van der Waals surface area contributed by atoms with E-state index >= 15 is 0 Å². The molecule has 0 fully saturated rings. The third-order valence-corrected chi connectivity index (χ3v) is 6.53. The largest absolute Gasteiger partial charge is 0.354 e. The van der Waals surface area contributed by atoms with Gasteiger partial charge in [-0.2, -0.15) is 0 Å². The van der Waals surface area contributed by atoms with Gasteiger partial charge in [0, 0.05) is 38.1 Å². The van der Waals surface area contributed by atoms with Gasteiger partial charge in [0.2, 0.25) is 0 Å². The van der Waals surface area contributed by atoms with Crippen LogP contribution in [-0.2, 0) is 0 Å². The maximum Gasteiger partial charge on any atom is 0.0549 e. The Kier molecular flexibility index (Phi) is 3.58. The van der Waals surface area contributed by atoms with Crippen molar-refractivity contribution in [1.82, 2.24) is 9.55 Å². The maximum atomic E-state index is 3.61. The number of hydrogen-bond donors (Lipinski definition) is 1. The van der Waals surface area contributed by atoms with E-state index in [1.807, 2.05) is 0 Å². The first-order chi connectivity index (χ1) is 15.9. The topological polar surface area (TPSA) is 20.7 Å². The summed E-state index contributed by atoms with van der Waals surface area (Å²) in [6, 6.07) is 41.2. The molecule has 0 aliphatic carbocycles. The third kappa shape index (κ3) is 2.35. The van der Waals surface area contributed by atoms with Crippen LogP contribution in [0.2, 0.25) is 0 Å². The van der Waals surface area contributed by atoms with Crippen LogP contribution >= 0.6 is 0 Å². The van der Waals surface area contributed by atoms with Gasteiger partial charge in [0.1, 0.15) is 0 Å². The molecule has 0 spiro atoms. The molecule has 7 aromatic rings. The van der Waals surface area contributed by atoms with E-state index in [1.165, 1.54) is 60.4 Å². The van der Waals surface area contributed by atoms with Crippen LogP contribution in [0.3, 0.4) is 0 Å². The lowest BCUT2D eigenvalue weighted by atomic mass is 10.0. The fraction of sp³-hybridized carbons (Fsp3) is 0. The summed E-state index contributed by atoms with van der Waals surface area (Å²) in [7, 11) is 0. The zero-order valence-corrected chi connectivity index (χ0v) is 17.4. The molecule has 2 nitrogen and oxygen atoms in total. The number of nitrogens with one attached hydrogen (secondary N) is 1. The van der Waals surface area contributed by atoms with Crippen molar-refractivity contribution in [3.05, 3.63) is 115 Å². The van der Waals surface area contributed by atoms with Crippen LogP contribution < -0.4 is 0 Å². The first-order valence-corrected chi connectivity index (χ1v) is 11.0. The Balaban J connectivity index is 1.68. The Morgan fingerprint density at radius 1 is 0.469 bits per heavy atom. The van der Waals surface area contributed by atoms with Crippen LogP contribution in [0.5, 0.6) is 0 Å². The number of rotatable bonds is 2. The fourth-order valence-electron chi connectivity index (χ4n) is 5.19. The molecule has 0 aliphatic rings. The third-order valence-electron chi connectivity index (χ3n) is 6.53. The Morgan fingerprint density at radius 3 is 2.09 bits per heavy atom. The zero-order valence-electron chi connectivity index (χ0n) is 17.4. The molecule has 0 bridgehead atoms. The molecule has 0 amide bonds. The van der Waals surface area contributed by atoms with Gasteiger partial charge in [-0.15, -0.1) is 0 Å². The van der Waals surface area contributed by atoms with Gasteiger partial charge in [0.15, 0.2) is 0 Å². The monoisotopic (exact) mass is 408 g/mol. The Hall–Kier alpha value is -4.30. The summed E-state index contributed by atoms with van der Waals surface area (Å²) >= 11 is 0. The van der Waals surface area contributed by atoms with E-state index in [2.05, 4.69) is 125 Å². The summed E-state index contributed by atoms with van der Waals surface area (Å²) in [6.07, 6.45) is 0. The molecule has 1 N–H and O–H groups in total. The Bertz CT molecular complexity index is 1770. The van der Waals surface area contributed by atoms with E-state index in [9.17, 15) is 0 Å². The summed E-state index contributed by atoms with van der Waals surface area (Å²) in [5.41, 5.74) is 8.46. The number of fused-ring (bicyclic) bond motifs is 7. The maximum absolute atomic E-state index is 3.61. The first-order valence-electron chi connectivity index (χ1n) is 11.0. The van der Waals surface area contributed by atoms with Gasteiger partial charge < -0.3 is 9.55 Å². The number of hydrogen-bond acceptors (Lipinski definition) is 0. The molecule has 0 saturated heterocycles. The van der Waals surface area contributed by atoms with Crippen LogP contribution in [0.4, 0.5) is 0 Å². The molecule has 0 atom stereocenters. The van der Waals surface area contributed by atoms with E-state index in [1.54, 1.807) is 0 Å². The second-order valence-electron chi connectivity index (χ2n) is 8.29. The second-order valence-corrected chi connectivity index (χ2v) is 8.29. The smallest absolute Gasteiger partial charge is 0.0549 e. The van der Waals surface area contributed by atoms with E-state index in [-0.39, 0.29) is 0 Å². The van der Waals surface area contributed by atoms with Gasteiger partial charge in [-0.25, -0.2) is 0 Å². The van der Waals surface area contributed by atoms with Crippen LogP contribution in [0.1, 0.15) is 0 Å². The average Bonchev–Trinajstić information content (AvgIpc) is 3.40. The molecule has 7 rings (SSSR count). The molecule has 2 aromatic heterocycles. The van der Waals surface area contributed by atoms with Gasteiger partial charge in [0.25, 0.3) is 0 Å². The van der Waals surface area contributed by atoms with E-state index in [0.717, 1.165) is 0 Å². The predicted molar refractivity (Wildman–Crippen MR) is 136 cm³/mol. The van der Waals surface area contributed by atoms with Crippen molar-refractivity contribution in [2.75, 3.05) is 0 Å². The van der Waals surface area contributed by atoms with Crippen molar-refractivity contribution in [3.8, 4) is 16.8 Å². The standard InChI is InChI=1S/C30H20N2/c1-2-10-20(11-3-1)21-12-5-8-16-26(21)32-27-17-9-6-14-23(27)30-28(32)19-18-25-29(30)22-13-4-7-15-24(22)31-25/h1-19,31H. The first kappa shape index (κ1) is 17.4. The lowest BCUT2D eigenvalue weighted by Crippen LogP contribution is -1.96. The molecule has 0 radical (unpaired) electrons. The van der Waals surface area contributed by atoms with Gasteiger partial charge in [-0.05, 0) is 35.9 Å². The van der Waals surface area contributed by atoms with Crippen molar-refractivity contribution in [1.29, 1.82) is 0 Å². The second kappa shape index (κ2) is 6.60. The molecule has 150 valence electrons.